The van der Waals surface area contributed by atoms with Crippen molar-refractivity contribution in [2.45, 2.75) is 0 Å². The highest BCUT2D eigenvalue weighted by molar-refractivity contribution is 7.88. The minimum atomic E-state index is -3.44. The fraction of sp³-hybridized carbons (Fsp3) is 0.308. The molecular weight excluding hydrogens is 280 g/mol. The second kappa shape index (κ2) is 7.06. The van der Waals surface area contributed by atoms with Gasteiger partial charge in [0.15, 0.2) is 0 Å². The van der Waals surface area contributed by atoms with E-state index in [1.807, 2.05) is 0 Å². The molecule has 20 heavy (non-hydrogen) atoms. The van der Waals surface area contributed by atoms with Gasteiger partial charge in [-0.25, -0.2) is 8.42 Å². The molecule has 1 rings (SSSR count). The lowest BCUT2D eigenvalue weighted by Gasteiger charge is -2.17. The normalized spacial score (nSPS) is 11.2. The topological polar surface area (TPSA) is 75.7 Å². The van der Waals surface area contributed by atoms with Gasteiger partial charge in [0, 0.05) is 12.2 Å². The lowest BCUT2D eigenvalue weighted by atomic mass is 10.3. The maximum Gasteiger partial charge on any atom is 0.239 e. The number of hydrogen-bond donors (Lipinski definition) is 1. The minimum Gasteiger partial charge on any atom is -0.497 e. The Morgan fingerprint density at radius 3 is 2.45 bits per heavy atom. The van der Waals surface area contributed by atoms with Gasteiger partial charge in [0.05, 0.1) is 19.9 Å². The molecule has 110 valence electrons. The first-order valence-corrected chi connectivity index (χ1v) is 7.71. The van der Waals surface area contributed by atoms with Crippen molar-refractivity contribution in [1.29, 1.82) is 0 Å². The Labute approximate surface area is 119 Å². The molecule has 6 nitrogen and oxygen atoms in total. The van der Waals surface area contributed by atoms with Crippen LogP contribution in [0.4, 0.5) is 5.69 Å². The number of anilines is 1. The standard InChI is InChI=1S/C13H18N2O4S/c1-4-9-15(20(3,17)18)10-13(16)14-11-5-7-12(19-2)8-6-11/h4-8H,1,9-10H2,2-3H3,(H,14,16). The molecule has 0 atom stereocenters. The first-order valence-electron chi connectivity index (χ1n) is 5.86. The molecular formula is C13H18N2O4S. The lowest BCUT2D eigenvalue weighted by molar-refractivity contribution is -0.116. The van der Waals surface area contributed by atoms with E-state index in [1.54, 1.807) is 31.4 Å². The van der Waals surface area contributed by atoms with Crippen LogP contribution in [-0.2, 0) is 14.8 Å². The third-order valence-electron chi connectivity index (χ3n) is 2.50. The number of nitrogens with one attached hydrogen (secondary N) is 1. The van der Waals surface area contributed by atoms with Crippen LogP contribution in [0.5, 0.6) is 5.75 Å². The molecule has 1 N–H and O–H groups in total. The summed E-state index contributed by atoms with van der Waals surface area (Å²) < 4.78 is 29.0. The summed E-state index contributed by atoms with van der Waals surface area (Å²) in [7, 11) is -1.90. The van der Waals surface area contributed by atoms with E-state index >= 15 is 0 Å². The van der Waals surface area contributed by atoms with Crippen LogP contribution in [0.1, 0.15) is 0 Å². The average molecular weight is 298 g/mol. The summed E-state index contributed by atoms with van der Waals surface area (Å²) in [6.45, 7) is 3.31. The van der Waals surface area contributed by atoms with E-state index in [0.717, 1.165) is 10.6 Å². The third-order valence-corrected chi connectivity index (χ3v) is 3.71. The van der Waals surface area contributed by atoms with E-state index in [-0.39, 0.29) is 13.1 Å². The average Bonchev–Trinajstić information content (AvgIpc) is 2.38. The molecule has 0 saturated heterocycles. The Bertz CT molecular complexity index is 567. The van der Waals surface area contributed by atoms with E-state index < -0.39 is 15.9 Å². The number of amides is 1. The van der Waals surface area contributed by atoms with Gasteiger partial charge in [-0.3, -0.25) is 4.79 Å². The number of ether oxygens (including phenoxy) is 1. The van der Waals surface area contributed by atoms with Crippen LogP contribution in [0.25, 0.3) is 0 Å². The first-order chi connectivity index (χ1) is 9.36. The van der Waals surface area contributed by atoms with E-state index in [2.05, 4.69) is 11.9 Å². The molecule has 1 amide bonds. The predicted octanol–water partition coefficient (Wildman–Crippen LogP) is 1.08. The molecule has 0 unspecified atom stereocenters. The molecule has 0 aliphatic carbocycles. The van der Waals surface area contributed by atoms with Gasteiger partial charge in [-0.05, 0) is 24.3 Å². The molecule has 1 aromatic rings. The molecule has 0 aromatic heterocycles. The number of rotatable bonds is 7. The Balaban J connectivity index is 2.67. The van der Waals surface area contributed by atoms with Gasteiger partial charge in [0.2, 0.25) is 15.9 Å². The van der Waals surface area contributed by atoms with Crippen molar-refractivity contribution >= 4 is 21.6 Å². The van der Waals surface area contributed by atoms with Gasteiger partial charge in [-0.2, -0.15) is 4.31 Å². The summed E-state index contributed by atoms with van der Waals surface area (Å²) in [5.74, 6) is 0.259. The van der Waals surface area contributed by atoms with Crippen molar-refractivity contribution in [1.82, 2.24) is 4.31 Å². The van der Waals surface area contributed by atoms with Crippen molar-refractivity contribution in [3.63, 3.8) is 0 Å². The van der Waals surface area contributed by atoms with Crippen LogP contribution in [0.15, 0.2) is 36.9 Å². The second-order valence-electron chi connectivity index (χ2n) is 4.12. The van der Waals surface area contributed by atoms with Crippen molar-refractivity contribution in [2.75, 3.05) is 31.8 Å². The molecule has 0 fully saturated rings. The summed E-state index contributed by atoms with van der Waals surface area (Å²) in [4.78, 5) is 11.8. The highest BCUT2D eigenvalue weighted by Crippen LogP contribution is 2.15. The smallest absolute Gasteiger partial charge is 0.239 e. The van der Waals surface area contributed by atoms with Crippen molar-refractivity contribution < 1.29 is 17.9 Å². The molecule has 0 saturated carbocycles. The second-order valence-corrected chi connectivity index (χ2v) is 6.10. The number of sulfonamides is 1. The monoisotopic (exact) mass is 298 g/mol. The minimum absolute atomic E-state index is 0.0921. The summed E-state index contributed by atoms with van der Waals surface area (Å²) in [6, 6.07) is 6.76. The Morgan fingerprint density at radius 1 is 1.40 bits per heavy atom. The number of nitrogens with zero attached hydrogens (tertiary/aromatic N) is 1. The van der Waals surface area contributed by atoms with E-state index in [4.69, 9.17) is 4.74 Å². The van der Waals surface area contributed by atoms with Crippen molar-refractivity contribution in [3.05, 3.63) is 36.9 Å². The van der Waals surface area contributed by atoms with Crippen LogP contribution in [0.2, 0.25) is 0 Å². The lowest BCUT2D eigenvalue weighted by Crippen LogP contribution is -2.37. The van der Waals surface area contributed by atoms with Gasteiger partial charge in [-0.1, -0.05) is 6.08 Å². The number of carbonyl (C=O) groups is 1. The van der Waals surface area contributed by atoms with Gasteiger partial charge in [0.25, 0.3) is 0 Å². The first kappa shape index (κ1) is 16.2. The zero-order valence-corrected chi connectivity index (χ0v) is 12.3. The van der Waals surface area contributed by atoms with Crippen LogP contribution < -0.4 is 10.1 Å². The molecule has 1 aromatic carbocycles. The van der Waals surface area contributed by atoms with Gasteiger partial charge < -0.3 is 10.1 Å². The fourth-order valence-corrected chi connectivity index (χ4v) is 2.22. The van der Waals surface area contributed by atoms with Crippen LogP contribution in [0, 0.1) is 0 Å². The van der Waals surface area contributed by atoms with E-state index in [1.165, 1.54) is 6.08 Å². The number of carbonyl (C=O) groups excluding carboxylic acids is 1. The van der Waals surface area contributed by atoms with Gasteiger partial charge in [0.1, 0.15) is 5.75 Å². The maximum atomic E-state index is 11.8. The molecule has 0 radical (unpaired) electrons. The Morgan fingerprint density at radius 2 is 2.00 bits per heavy atom. The number of hydrogen-bond acceptors (Lipinski definition) is 4. The molecule has 0 bridgehead atoms. The Hall–Kier alpha value is -1.86. The van der Waals surface area contributed by atoms with Gasteiger partial charge >= 0.3 is 0 Å². The zero-order valence-electron chi connectivity index (χ0n) is 11.5. The Kier molecular flexibility index (Phi) is 5.72. The summed E-state index contributed by atoms with van der Waals surface area (Å²) in [5, 5.41) is 2.62. The van der Waals surface area contributed by atoms with Crippen LogP contribution >= 0.6 is 0 Å². The van der Waals surface area contributed by atoms with E-state index in [9.17, 15) is 13.2 Å². The number of methoxy groups -OCH3 is 1. The molecule has 7 heteroatoms. The summed E-state index contributed by atoms with van der Waals surface area (Å²) in [6.07, 6.45) is 2.48. The molecule has 0 heterocycles. The quantitative estimate of drug-likeness (QED) is 0.764. The zero-order chi connectivity index (χ0) is 15.2. The summed E-state index contributed by atoms with van der Waals surface area (Å²) in [5.41, 5.74) is 0.572. The molecule has 0 aliphatic heterocycles. The molecule has 0 aliphatic rings. The number of benzene rings is 1. The SMILES string of the molecule is C=CCN(CC(=O)Nc1ccc(OC)cc1)S(C)(=O)=O. The van der Waals surface area contributed by atoms with Crippen LogP contribution in [0.3, 0.4) is 0 Å². The van der Waals surface area contributed by atoms with Crippen molar-refractivity contribution in [3.8, 4) is 5.75 Å². The molecule has 0 spiro atoms. The maximum absolute atomic E-state index is 11.8. The van der Waals surface area contributed by atoms with Gasteiger partial charge in [-0.15, -0.1) is 6.58 Å². The third kappa shape index (κ3) is 5.02. The van der Waals surface area contributed by atoms with Crippen LogP contribution in [-0.4, -0.2) is 45.1 Å². The van der Waals surface area contributed by atoms with Crippen molar-refractivity contribution in [2.24, 2.45) is 0 Å². The highest BCUT2D eigenvalue weighted by Gasteiger charge is 2.18. The summed E-state index contributed by atoms with van der Waals surface area (Å²) >= 11 is 0. The largest absolute Gasteiger partial charge is 0.497 e. The van der Waals surface area contributed by atoms with E-state index in [0.29, 0.717) is 11.4 Å². The predicted molar refractivity (Wildman–Crippen MR) is 78.2 cm³/mol. The highest BCUT2D eigenvalue weighted by atomic mass is 32.2. The fourth-order valence-electron chi connectivity index (χ4n) is 1.50.